The zero-order valence-corrected chi connectivity index (χ0v) is 12.8. The molecule has 0 saturated carbocycles. The van der Waals surface area contributed by atoms with Gasteiger partial charge in [0.2, 0.25) is 0 Å². The highest BCUT2D eigenvalue weighted by Crippen LogP contribution is 2.16. The number of aromatic hydroxyl groups is 1. The molecule has 0 aliphatic carbocycles. The van der Waals surface area contributed by atoms with E-state index in [1.807, 2.05) is 24.3 Å². The Balaban J connectivity index is 2.08. The van der Waals surface area contributed by atoms with Crippen LogP contribution in [0.2, 0.25) is 0 Å². The fraction of sp³-hybridized carbons (Fsp3) is 0.263. The highest BCUT2D eigenvalue weighted by Gasteiger charge is 1.99. The largest absolute Gasteiger partial charge is 0.507 e. The maximum absolute atomic E-state index is 9.87. The van der Waals surface area contributed by atoms with Crippen LogP contribution in [-0.2, 0) is 0 Å². The molecule has 0 bridgehead atoms. The van der Waals surface area contributed by atoms with Gasteiger partial charge in [0, 0.05) is 30.1 Å². The Kier molecular flexibility index (Phi) is 6.19. The average molecular weight is 292 g/mol. The maximum atomic E-state index is 9.87. The smallest absolute Gasteiger partial charge is 0.124 e. The van der Waals surface area contributed by atoms with Gasteiger partial charge in [-0.15, -0.1) is 0 Å². The van der Waals surface area contributed by atoms with Crippen molar-refractivity contribution in [2.24, 2.45) is 4.99 Å². The molecule has 2 rings (SSSR count). The molecular formula is C19H20N2O. The summed E-state index contributed by atoms with van der Waals surface area (Å²) in [6.45, 7) is 2.95. The normalized spacial score (nSPS) is 10.4. The molecule has 0 radical (unpaired) electrons. The second kappa shape index (κ2) is 8.63. The molecule has 112 valence electrons. The number of phenols is 1. The molecule has 1 heterocycles. The van der Waals surface area contributed by atoms with E-state index in [9.17, 15) is 5.11 Å². The van der Waals surface area contributed by atoms with Crippen LogP contribution in [0.25, 0.3) is 0 Å². The predicted molar refractivity (Wildman–Crippen MR) is 90.3 cm³/mol. The first-order chi connectivity index (χ1) is 10.8. The SMILES string of the molecule is CCCCCN=Cc1cc(C#Cc2ccccn2)ccc1O. The van der Waals surface area contributed by atoms with Crippen molar-refractivity contribution in [3.8, 4) is 17.6 Å². The van der Waals surface area contributed by atoms with Gasteiger partial charge in [-0.2, -0.15) is 0 Å². The average Bonchev–Trinajstić information content (AvgIpc) is 2.56. The Bertz CT molecular complexity index is 682. The van der Waals surface area contributed by atoms with E-state index in [0.717, 1.165) is 24.2 Å². The molecule has 1 N–H and O–H groups in total. The van der Waals surface area contributed by atoms with Crippen molar-refractivity contribution in [1.29, 1.82) is 0 Å². The van der Waals surface area contributed by atoms with Crippen molar-refractivity contribution in [1.82, 2.24) is 4.98 Å². The van der Waals surface area contributed by atoms with Crippen molar-refractivity contribution >= 4 is 6.21 Å². The summed E-state index contributed by atoms with van der Waals surface area (Å²) in [4.78, 5) is 8.52. The molecule has 0 saturated heterocycles. The van der Waals surface area contributed by atoms with Crippen LogP contribution in [0.5, 0.6) is 5.75 Å². The minimum Gasteiger partial charge on any atom is -0.507 e. The van der Waals surface area contributed by atoms with E-state index in [4.69, 9.17) is 0 Å². The molecule has 2 aromatic rings. The van der Waals surface area contributed by atoms with Gasteiger partial charge in [0.05, 0.1) is 0 Å². The number of unbranched alkanes of at least 4 members (excludes halogenated alkanes) is 2. The van der Waals surface area contributed by atoms with E-state index in [2.05, 4.69) is 28.7 Å². The summed E-state index contributed by atoms with van der Waals surface area (Å²) in [7, 11) is 0. The second-order valence-corrected chi connectivity index (χ2v) is 4.98. The van der Waals surface area contributed by atoms with Crippen molar-refractivity contribution in [3.05, 3.63) is 59.4 Å². The molecule has 0 fully saturated rings. The molecule has 3 nitrogen and oxygen atoms in total. The van der Waals surface area contributed by atoms with Gasteiger partial charge in [0.1, 0.15) is 11.4 Å². The Hall–Kier alpha value is -2.60. The van der Waals surface area contributed by atoms with Gasteiger partial charge in [-0.3, -0.25) is 4.99 Å². The zero-order chi connectivity index (χ0) is 15.6. The van der Waals surface area contributed by atoms with Gasteiger partial charge < -0.3 is 5.11 Å². The number of nitrogens with zero attached hydrogens (tertiary/aromatic N) is 2. The number of aliphatic imine (C=N–C) groups is 1. The molecule has 0 atom stereocenters. The molecule has 1 aromatic carbocycles. The molecule has 0 unspecified atom stereocenters. The van der Waals surface area contributed by atoms with E-state index in [0.29, 0.717) is 5.56 Å². The van der Waals surface area contributed by atoms with E-state index in [1.165, 1.54) is 12.8 Å². The lowest BCUT2D eigenvalue weighted by Crippen LogP contribution is -1.88. The summed E-state index contributed by atoms with van der Waals surface area (Å²) in [5.41, 5.74) is 2.26. The van der Waals surface area contributed by atoms with Crippen LogP contribution in [0.1, 0.15) is 43.0 Å². The van der Waals surface area contributed by atoms with Crippen LogP contribution in [0.4, 0.5) is 0 Å². The highest BCUT2D eigenvalue weighted by molar-refractivity contribution is 5.84. The van der Waals surface area contributed by atoms with Crippen molar-refractivity contribution in [2.45, 2.75) is 26.2 Å². The fourth-order valence-electron chi connectivity index (χ4n) is 1.92. The van der Waals surface area contributed by atoms with Crippen molar-refractivity contribution in [3.63, 3.8) is 0 Å². The third kappa shape index (κ3) is 5.06. The summed E-state index contributed by atoms with van der Waals surface area (Å²) >= 11 is 0. The molecule has 0 aliphatic heterocycles. The predicted octanol–water partition coefficient (Wildman–Crippen LogP) is 3.80. The van der Waals surface area contributed by atoms with E-state index < -0.39 is 0 Å². The molecule has 0 spiro atoms. The zero-order valence-electron chi connectivity index (χ0n) is 12.8. The summed E-state index contributed by atoms with van der Waals surface area (Å²) in [6, 6.07) is 10.9. The topological polar surface area (TPSA) is 45.5 Å². The van der Waals surface area contributed by atoms with E-state index >= 15 is 0 Å². The summed E-state index contributed by atoms with van der Waals surface area (Å²) < 4.78 is 0. The molecular weight excluding hydrogens is 272 g/mol. The number of hydrogen-bond donors (Lipinski definition) is 1. The number of benzene rings is 1. The van der Waals surface area contributed by atoms with Gasteiger partial charge >= 0.3 is 0 Å². The van der Waals surface area contributed by atoms with Crippen LogP contribution >= 0.6 is 0 Å². The number of hydrogen-bond acceptors (Lipinski definition) is 3. The lowest BCUT2D eigenvalue weighted by Gasteiger charge is -2.00. The highest BCUT2D eigenvalue weighted by atomic mass is 16.3. The number of phenolic OH excluding ortho intramolecular Hbond substituents is 1. The van der Waals surface area contributed by atoms with Crippen LogP contribution < -0.4 is 0 Å². The lowest BCUT2D eigenvalue weighted by molar-refractivity contribution is 0.474. The van der Waals surface area contributed by atoms with E-state index in [1.54, 1.807) is 24.5 Å². The first-order valence-electron chi connectivity index (χ1n) is 7.55. The molecule has 0 amide bonds. The summed E-state index contributed by atoms with van der Waals surface area (Å²) in [6.07, 6.45) is 6.87. The standard InChI is InChI=1S/C19H20N2O/c1-2-3-5-12-20-15-17-14-16(9-11-19(17)22)8-10-18-7-4-6-13-21-18/h4,6-7,9,11,13-15,22H,2-3,5,12H2,1H3. The first-order valence-corrected chi connectivity index (χ1v) is 7.55. The van der Waals surface area contributed by atoms with Crippen molar-refractivity contribution < 1.29 is 5.11 Å². The number of rotatable bonds is 5. The van der Waals surface area contributed by atoms with Gasteiger partial charge in [-0.1, -0.05) is 31.8 Å². The molecule has 0 aliphatic rings. The minimum atomic E-state index is 0.225. The molecule has 1 aromatic heterocycles. The molecule has 22 heavy (non-hydrogen) atoms. The van der Waals surface area contributed by atoms with Gasteiger partial charge in [0.25, 0.3) is 0 Å². The first kappa shape index (κ1) is 15.8. The van der Waals surface area contributed by atoms with E-state index in [-0.39, 0.29) is 5.75 Å². The maximum Gasteiger partial charge on any atom is 0.124 e. The Morgan fingerprint density at radius 1 is 1.18 bits per heavy atom. The van der Waals surface area contributed by atoms with Crippen LogP contribution in [0, 0.1) is 11.8 Å². The Morgan fingerprint density at radius 2 is 2.09 bits per heavy atom. The van der Waals surface area contributed by atoms with Gasteiger partial charge in [0.15, 0.2) is 0 Å². The van der Waals surface area contributed by atoms with Crippen LogP contribution in [0.15, 0.2) is 47.6 Å². The third-order valence-corrected chi connectivity index (χ3v) is 3.15. The van der Waals surface area contributed by atoms with Gasteiger partial charge in [-0.25, -0.2) is 4.98 Å². The van der Waals surface area contributed by atoms with Crippen LogP contribution in [-0.4, -0.2) is 22.8 Å². The monoisotopic (exact) mass is 292 g/mol. The van der Waals surface area contributed by atoms with Crippen molar-refractivity contribution in [2.75, 3.05) is 6.54 Å². The number of aromatic nitrogens is 1. The number of pyridine rings is 1. The Morgan fingerprint density at radius 3 is 2.86 bits per heavy atom. The summed E-state index contributed by atoms with van der Waals surface area (Å²) in [5.74, 6) is 6.28. The van der Waals surface area contributed by atoms with Gasteiger partial charge in [-0.05, 0) is 42.7 Å². The second-order valence-electron chi connectivity index (χ2n) is 4.98. The quantitative estimate of drug-likeness (QED) is 0.517. The fourth-order valence-corrected chi connectivity index (χ4v) is 1.92. The lowest BCUT2D eigenvalue weighted by atomic mass is 10.1. The van der Waals surface area contributed by atoms with Crippen LogP contribution in [0.3, 0.4) is 0 Å². The molecule has 3 heteroatoms. The summed E-state index contributed by atoms with van der Waals surface area (Å²) in [5, 5.41) is 9.87. The Labute approximate surface area is 131 Å². The third-order valence-electron chi connectivity index (χ3n) is 3.15. The minimum absolute atomic E-state index is 0.225.